The van der Waals surface area contributed by atoms with Gasteiger partial charge in [-0.2, -0.15) is 0 Å². The van der Waals surface area contributed by atoms with Gasteiger partial charge in [-0.3, -0.25) is 24.1 Å². The number of Topliss-reactive ketones (excluding diaryl/α,β-unsaturated/α-hetero) is 1. The van der Waals surface area contributed by atoms with E-state index in [0.29, 0.717) is 24.3 Å². The summed E-state index contributed by atoms with van der Waals surface area (Å²) in [4.78, 5) is 51.7. The number of nitrogens with zero attached hydrogens (tertiary/aromatic N) is 2. The van der Waals surface area contributed by atoms with Gasteiger partial charge in [0.15, 0.2) is 5.78 Å². The fourth-order valence-corrected chi connectivity index (χ4v) is 4.61. The van der Waals surface area contributed by atoms with Crippen molar-refractivity contribution in [3.63, 3.8) is 0 Å². The van der Waals surface area contributed by atoms with Crippen LogP contribution in [0, 0.1) is 6.92 Å². The number of ketones is 1. The highest BCUT2D eigenvalue weighted by atomic mass is 32.2. The molecule has 0 spiro atoms. The number of imide groups is 1. The van der Waals surface area contributed by atoms with Crippen molar-refractivity contribution in [1.82, 2.24) is 14.8 Å². The molecular formula is C26H25N3O5S. The van der Waals surface area contributed by atoms with Crippen LogP contribution in [0.4, 0.5) is 4.79 Å². The monoisotopic (exact) mass is 491 g/mol. The van der Waals surface area contributed by atoms with Crippen LogP contribution in [0.1, 0.15) is 21.5 Å². The van der Waals surface area contributed by atoms with Crippen LogP contribution in [-0.4, -0.2) is 59.1 Å². The van der Waals surface area contributed by atoms with Crippen molar-refractivity contribution in [2.75, 3.05) is 26.8 Å². The van der Waals surface area contributed by atoms with Crippen LogP contribution in [-0.2, 0) is 20.9 Å². The highest BCUT2D eigenvalue weighted by Gasteiger charge is 2.36. The molecular weight excluding hydrogens is 466 g/mol. The number of para-hydroxylation sites is 1. The SMILES string of the molecule is COCCNC(=O)Cn1cc(/C=C2\SC(=O)N(CC(=O)c3ccc(C)cc3)C2=O)c2ccccc21. The molecule has 9 heteroatoms. The number of rotatable bonds is 9. The van der Waals surface area contributed by atoms with Crippen LogP contribution in [0.15, 0.2) is 59.6 Å². The van der Waals surface area contributed by atoms with E-state index in [1.165, 1.54) is 0 Å². The summed E-state index contributed by atoms with van der Waals surface area (Å²) in [6.07, 6.45) is 3.43. The summed E-state index contributed by atoms with van der Waals surface area (Å²) in [6, 6.07) is 14.5. The molecule has 0 atom stereocenters. The third-order valence-electron chi connectivity index (χ3n) is 5.60. The number of amides is 3. The lowest BCUT2D eigenvalue weighted by Gasteiger charge is -2.11. The third kappa shape index (κ3) is 5.52. The van der Waals surface area contributed by atoms with E-state index in [4.69, 9.17) is 4.74 Å². The number of aryl methyl sites for hydroxylation is 1. The Morgan fingerprint density at radius 2 is 1.80 bits per heavy atom. The number of ether oxygens (including phenoxy) is 1. The fraction of sp³-hybridized carbons (Fsp3) is 0.231. The number of methoxy groups -OCH3 is 1. The van der Waals surface area contributed by atoms with Gasteiger partial charge in [0.25, 0.3) is 11.1 Å². The zero-order chi connectivity index (χ0) is 24.9. The Balaban J connectivity index is 1.54. The molecule has 1 saturated heterocycles. The Bertz CT molecular complexity index is 1330. The molecule has 0 unspecified atom stereocenters. The first-order chi connectivity index (χ1) is 16.9. The minimum absolute atomic E-state index is 0.102. The van der Waals surface area contributed by atoms with Crippen molar-refractivity contribution in [2.24, 2.45) is 0 Å². The molecule has 2 heterocycles. The summed E-state index contributed by atoms with van der Waals surface area (Å²) in [5.74, 6) is -0.969. The average molecular weight is 492 g/mol. The Kier molecular flexibility index (Phi) is 7.48. The lowest BCUT2D eigenvalue weighted by atomic mass is 10.1. The first-order valence-corrected chi connectivity index (χ1v) is 11.9. The molecule has 8 nitrogen and oxygen atoms in total. The normalized spacial score (nSPS) is 14.8. The quantitative estimate of drug-likeness (QED) is 0.279. The van der Waals surface area contributed by atoms with Crippen molar-refractivity contribution < 1.29 is 23.9 Å². The van der Waals surface area contributed by atoms with Crippen LogP contribution in [0.3, 0.4) is 0 Å². The number of nitrogens with one attached hydrogen (secondary N) is 1. The van der Waals surface area contributed by atoms with Crippen molar-refractivity contribution >= 4 is 51.6 Å². The molecule has 0 radical (unpaired) electrons. The van der Waals surface area contributed by atoms with Crippen molar-refractivity contribution in [2.45, 2.75) is 13.5 Å². The average Bonchev–Trinajstić information content (AvgIpc) is 3.31. The van der Waals surface area contributed by atoms with Gasteiger partial charge in [-0.05, 0) is 30.8 Å². The van der Waals surface area contributed by atoms with Crippen LogP contribution >= 0.6 is 11.8 Å². The second-order valence-electron chi connectivity index (χ2n) is 8.13. The Morgan fingerprint density at radius 1 is 1.06 bits per heavy atom. The predicted octanol–water partition coefficient (Wildman–Crippen LogP) is 3.63. The number of fused-ring (bicyclic) bond motifs is 1. The molecule has 35 heavy (non-hydrogen) atoms. The summed E-state index contributed by atoms with van der Waals surface area (Å²) in [6.45, 7) is 2.54. The van der Waals surface area contributed by atoms with Crippen LogP contribution in [0.2, 0.25) is 0 Å². The van der Waals surface area contributed by atoms with Gasteiger partial charge in [0.1, 0.15) is 6.54 Å². The van der Waals surface area contributed by atoms with Gasteiger partial charge in [-0.25, -0.2) is 0 Å². The lowest BCUT2D eigenvalue weighted by molar-refractivity contribution is -0.123. The minimum Gasteiger partial charge on any atom is -0.383 e. The second kappa shape index (κ2) is 10.7. The standard InChI is InChI=1S/C26H25N3O5S/c1-17-7-9-18(10-8-17)22(30)15-29-25(32)23(35-26(29)33)13-19-14-28(16-24(31)27-11-12-34-2)21-6-4-3-5-20(19)21/h3-10,13-14H,11-12,15-16H2,1-2H3,(H,27,31)/b23-13-. The lowest BCUT2D eigenvalue weighted by Crippen LogP contribution is -2.33. The third-order valence-corrected chi connectivity index (χ3v) is 6.50. The second-order valence-corrected chi connectivity index (χ2v) is 9.12. The summed E-state index contributed by atoms with van der Waals surface area (Å²) in [7, 11) is 1.57. The molecule has 1 aliphatic heterocycles. The van der Waals surface area contributed by atoms with Gasteiger partial charge in [-0.1, -0.05) is 48.0 Å². The molecule has 4 rings (SSSR count). The maximum Gasteiger partial charge on any atom is 0.293 e. The van der Waals surface area contributed by atoms with Crippen LogP contribution < -0.4 is 5.32 Å². The van der Waals surface area contributed by atoms with Gasteiger partial charge in [0.05, 0.1) is 18.1 Å². The molecule has 1 aliphatic rings. The van der Waals surface area contributed by atoms with E-state index < -0.39 is 11.1 Å². The molecule has 2 aromatic carbocycles. The van der Waals surface area contributed by atoms with Crippen LogP contribution in [0.5, 0.6) is 0 Å². The predicted molar refractivity (Wildman–Crippen MR) is 135 cm³/mol. The molecule has 1 aromatic heterocycles. The van der Waals surface area contributed by atoms with Crippen molar-refractivity contribution in [3.8, 4) is 0 Å². The maximum atomic E-state index is 13.0. The summed E-state index contributed by atoms with van der Waals surface area (Å²) < 4.78 is 6.76. The number of carbonyl (C=O) groups excluding carboxylic acids is 4. The Labute approximate surface area is 206 Å². The molecule has 0 saturated carbocycles. The molecule has 0 bridgehead atoms. The number of carbonyl (C=O) groups is 4. The molecule has 0 aliphatic carbocycles. The Morgan fingerprint density at radius 3 is 2.54 bits per heavy atom. The van der Waals surface area contributed by atoms with Crippen molar-refractivity contribution in [1.29, 1.82) is 0 Å². The van der Waals surface area contributed by atoms with E-state index >= 15 is 0 Å². The van der Waals surface area contributed by atoms with E-state index in [2.05, 4.69) is 5.32 Å². The fourth-order valence-electron chi connectivity index (χ4n) is 3.78. The number of hydrogen-bond donors (Lipinski definition) is 1. The van der Waals surface area contributed by atoms with Crippen molar-refractivity contribution in [3.05, 3.63) is 76.3 Å². The number of hydrogen-bond acceptors (Lipinski definition) is 6. The van der Waals surface area contributed by atoms with E-state index in [-0.39, 0.29) is 29.7 Å². The van der Waals surface area contributed by atoms with Gasteiger partial charge in [0, 0.05) is 41.9 Å². The molecule has 180 valence electrons. The molecule has 1 fully saturated rings. The minimum atomic E-state index is -0.505. The first-order valence-electron chi connectivity index (χ1n) is 11.1. The highest BCUT2D eigenvalue weighted by Crippen LogP contribution is 2.34. The van der Waals surface area contributed by atoms with Gasteiger partial charge in [0.2, 0.25) is 5.91 Å². The van der Waals surface area contributed by atoms with Gasteiger partial charge in [-0.15, -0.1) is 0 Å². The summed E-state index contributed by atoms with van der Waals surface area (Å²) >= 11 is 0.805. The van der Waals surface area contributed by atoms with E-state index in [0.717, 1.165) is 33.1 Å². The van der Waals surface area contributed by atoms with E-state index in [1.807, 2.05) is 43.3 Å². The van der Waals surface area contributed by atoms with E-state index in [9.17, 15) is 19.2 Å². The van der Waals surface area contributed by atoms with E-state index in [1.54, 1.807) is 36.1 Å². The first kappa shape index (κ1) is 24.4. The topological polar surface area (TPSA) is 97.7 Å². The molecule has 1 N–H and O–H groups in total. The largest absolute Gasteiger partial charge is 0.383 e. The summed E-state index contributed by atoms with van der Waals surface area (Å²) in [5.41, 5.74) is 3.00. The number of aromatic nitrogens is 1. The highest BCUT2D eigenvalue weighted by molar-refractivity contribution is 8.18. The Hall–Kier alpha value is -3.69. The zero-order valence-corrected chi connectivity index (χ0v) is 20.3. The molecule has 3 aromatic rings. The summed E-state index contributed by atoms with van der Waals surface area (Å²) in [5, 5.41) is 3.15. The van der Waals surface area contributed by atoms with Gasteiger partial charge < -0.3 is 14.6 Å². The number of benzene rings is 2. The molecule has 3 amide bonds. The van der Waals surface area contributed by atoms with Gasteiger partial charge >= 0.3 is 0 Å². The van der Waals surface area contributed by atoms with Crippen LogP contribution in [0.25, 0.3) is 17.0 Å². The number of thioether (sulfide) groups is 1. The zero-order valence-electron chi connectivity index (χ0n) is 19.4. The maximum absolute atomic E-state index is 13.0. The smallest absolute Gasteiger partial charge is 0.293 e.